The van der Waals surface area contributed by atoms with Crippen LogP contribution in [0, 0.1) is 6.92 Å². The zero-order chi connectivity index (χ0) is 27.3. The molecule has 0 bridgehead atoms. The fourth-order valence-corrected chi connectivity index (χ4v) is 5.68. The normalized spacial score (nSPS) is 14.2. The van der Waals surface area contributed by atoms with Crippen LogP contribution in [0.15, 0.2) is 85.1 Å². The highest BCUT2D eigenvalue weighted by Gasteiger charge is 2.19. The molecule has 2 N–H and O–H groups in total. The number of unbranched alkanes of at least 4 members (excludes halogenated alkanes) is 2. The monoisotopic (exact) mass is 529 g/mol. The molecule has 0 aliphatic carbocycles. The molecular weight excluding hydrogens is 490 g/mol. The summed E-state index contributed by atoms with van der Waals surface area (Å²) in [4.78, 5) is 15.9. The van der Waals surface area contributed by atoms with Gasteiger partial charge < -0.3 is 15.2 Å². The smallest absolute Gasteiger partial charge is 0.138 e. The number of aromatic nitrogens is 3. The van der Waals surface area contributed by atoms with Gasteiger partial charge in [0.1, 0.15) is 11.6 Å². The molecule has 0 spiro atoms. The SMILES string of the molecule is Cc1ccc(Nc2nc(CCCCCC(C)N3CCC3)cc3ccccc23)cc1-c1ncc(-c2ccccc2)[nH]1. The molecule has 3 heterocycles. The number of likely N-dealkylation sites (tertiary alicyclic amines) is 1. The largest absolute Gasteiger partial charge is 0.340 e. The summed E-state index contributed by atoms with van der Waals surface area (Å²) in [6.07, 6.45) is 9.31. The first kappa shape index (κ1) is 26.3. The number of rotatable bonds is 11. The number of nitrogens with one attached hydrogen (secondary N) is 2. The first-order chi connectivity index (χ1) is 19.6. The Bertz CT molecular complexity index is 1570. The molecule has 1 atom stereocenters. The highest BCUT2D eigenvalue weighted by molar-refractivity contribution is 5.94. The lowest BCUT2D eigenvalue weighted by molar-refractivity contribution is 0.120. The van der Waals surface area contributed by atoms with Crippen LogP contribution in [0.5, 0.6) is 0 Å². The molecule has 1 saturated heterocycles. The third-order valence-corrected chi connectivity index (χ3v) is 8.28. The summed E-state index contributed by atoms with van der Waals surface area (Å²) < 4.78 is 0. The molecule has 204 valence electrons. The van der Waals surface area contributed by atoms with Crippen LogP contribution in [0.25, 0.3) is 33.4 Å². The molecule has 1 aliphatic heterocycles. The van der Waals surface area contributed by atoms with E-state index in [1.165, 1.54) is 56.1 Å². The van der Waals surface area contributed by atoms with Crippen molar-refractivity contribution in [3.05, 3.63) is 96.3 Å². The van der Waals surface area contributed by atoms with E-state index in [0.29, 0.717) is 0 Å². The van der Waals surface area contributed by atoms with Gasteiger partial charge in [-0.05, 0) is 87.3 Å². The number of fused-ring (bicyclic) bond motifs is 1. The molecule has 5 nitrogen and oxygen atoms in total. The molecule has 0 saturated carbocycles. The van der Waals surface area contributed by atoms with Crippen molar-refractivity contribution in [3.63, 3.8) is 0 Å². The van der Waals surface area contributed by atoms with Gasteiger partial charge >= 0.3 is 0 Å². The summed E-state index contributed by atoms with van der Waals surface area (Å²) in [5.41, 5.74) is 6.57. The van der Waals surface area contributed by atoms with E-state index < -0.39 is 0 Å². The van der Waals surface area contributed by atoms with Crippen molar-refractivity contribution in [1.29, 1.82) is 0 Å². The Hall–Kier alpha value is -3.96. The first-order valence-electron chi connectivity index (χ1n) is 14.8. The van der Waals surface area contributed by atoms with Crippen LogP contribution in [-0.2, 0) is 6.42 Å². The van der Waals surface area contributed by atoms with Crippen molar-refractivity contribution in [2.75, 3.05) is 18.4 Å². The van der Waals surface area contributed by atoms with Gasteiger partial charge in [-0.2, -0.15) is 0 Å². The van der Waals surface area contributed by atoms with Crippen LogP contribution >= 0.6 is 0 Å². The maximum atomic E-state index is 5.11. The van der Waals surface area contributed by atoms with E-state index in [1.807, 2.05) is 24.4 Å². The lowest BCUT2D eigenvalue weighted by atomic mass is 10.0. The van der Waals surface area contributed by atoms with Crippen molar-refractivity contribution in [1.82, 2.24) is 19.9 Å². The lowest BCUT2D eigenvalue weighted by Crippen LogP contribution is -2.43. The molecule has 5 aromatic rings. The Morgan fingerprint density at radius 1 is 0.925 bits per heavy atom. The number of H-pyrrole nitrogens is 1. The van der Waals surface area contributed by atoms with Crippen molar-refractivity contribution in [3.8, 4) is 22.6 Å². The van der Waals surface area contributed by atoms with Crippen LogP contribution in [0.4, 0.5) is 11.5 Å². The summed E-state index contributed by atoms with van der Waals surface area (Å²) in [5.74, 6) is 1.79. The summed E-state index contributed by atoms with van der Waals surface area (Å²) in [6.45, 7) is 7.09. The Morgan fingerprint density at radius 3 is 2.58 bits per heavy atom. The number of aromatic amines is 1. The van der Waals surface area contributed by atoms with Gasteiger partial charge in [0, 0.05) is 28.4 Å². The Kier molecular flexibility index (Phi) is 7.92. The first-order valence-corrected chi connectivity index (χ1v) is 14.8. The third-order valence-electron chi connectivity index (χ3n) is 8.28. The predicted octanol–water partition coefficient (Wildman–Crippen LogP) is 8.54. The van der Waals surface area contributed by atoms with Gasteiger partial charge in [-0.25, -0.2) is 9.97 Å². The molecule has 1 fully saturated rings. The number of aryl methyl sites for hydroxylation is 2. The molecule has 2 aromatic heterocycles. The van der Waals surface area contributed by atoms with Gasteiger partial charge in [0.05, 0.1) is 11.9 Å². The topological polar surface area (TPSA) is 56.8 Å². The number of imidazole rings is 1. The number of anilines is 2. The van der Waals surface area contributed by atoms with Crippen LogP contribution < -0.4 is 5.32 Å². The van der Waals surface area contributed by atoms with Gasteiger partial charge in [-0.3, -0.25) is 0 Å². The van der Waals surface area contributed by atoms with Gasteiger partial charge in [0.25, 0.3) is 0 Å². The molecule has 1 aliphatic rings. The zero-order valence-corrected chi connectivity index (χ0v) is 23.7. The summed E-state index contributed by atoms with van der Waals surface area (Å²) >= 11 is 0. The van der Waals surface area contributed by atoms with E-state index in [1.54, 1.807) is 0 Å². The van der Waals surface area contributed by atoms with E-state index in [9.17, 15) is 0 Å². The van der Waals surface area contributed by atoms with E-state index >= 15 is 0 Å². The molecule has 0 radical (unpaired) electrons. The van der Waals surface area contributed by atoms with E-state index in [2.05, 4.69) is 89.7 Å². The van der Waals surface area contributed by atoms with Crippen LogP contribution in [-0.4, -0.2) is 39.0 Å². The third kappa shape index (κ3) is 5.95. The summed E-state index contributed by atoms with van der Waals surface area (Å²) in [5, 5.41) is 6.02. The minimum Gasteiger partial charge on any atom is -0.340 e. The van der Waals surface area contributed by atoms with E-state index in [0.717, 1.165) is 57.7 Å². The second-order valence-corrected chi connectivity index (χ2v) is 11.2. The van der Waals surface area contributed by atoms with Crippen LogP contribution in [0.3, 0.4) is 0 Å². The highest BCUT2D eigenvalue weighted by atomic mass is 15.2. The van der Waals surface area contributed by atoms with Crippen LogP contribution in [0.1, 0.15) is 50.3 Å². The van der Waals surface area contributed by atoms with E-state index in [4.69, 9.17) is 9.97 Å². The van der Waals surface area contributed by atoms with E-state index in [-0.39, 0.29) is 0 Å². The second kappa shape index (κ2) is 12.1. The van der Waals surface area contributed by atoms with Gasteiger partial charge in [-0.15, -0.1) is 0 Å². The minimum absolute atomic E-state index is 0.730. The molecule has 1 unspecified atom stereocenters. The fourth-order valence-electron chi connectivity index (χ4n) is 5.68. The van der Waals surface area contributed by atoms with Crippen molar-refractivity contribution in [2.45, 2.75) is 58.4 Å². The van der Waals surface area contributed by atoms with Crippen molar-refractivity contribution < 1.29 is 0 Å². The minimum atomic E-state index is 0.730. The second-order valence-electron chi connectivity index (χ2n) is 11.2. The average Bonchev–Trinajstić information content (AvgIpc) is 3.44. The van der Waals surface area contributed by atoms with Crippen LogP contribution in [0.2, 0.25) is 0 Å². The molecule has 5 heteroatoms. The number of nitrogens with zero attached hydrogens (tertiary/aromatic N) is 3. The quantitative estimate of drug-likeness (QED) is 0.168. The predicted molar refractivity (Wildman–Crippen MR) is 167 cm³/mol. The number of pyridine rings is 1. The van der Waals surface area contributed by atoms with Gasteiger partial charge in [0.2, 0.25) is 0 Å². The number of benzene rings is 3. The molecule has 40 heavy (non-hydrogen) atoms. The van der Waals surface area contributed by atoms with Crippen molar-refractivity contribution in [2.24, 2.45) is 0 Å². The maximum absolute atomic E-state index is 5.11. The fraction of sp³-hybridized carbons (Fsp3) is 0.314. The Balaban J connectivity index is 1.18. The van der Waals surface area contributed by atoms with Crippen molar-refractivity contribution >= 4 is 22.3 Å². The molecular formula is C35H39N5. The molecule has 6 rings (SSSR count). The highest BCUT2D eigenvalue weighted by Crippen LogP contribution is 2.31. The van der Waals surface area contributed by atoms with Gasteiger partial charge in [0.15, 0.2) is 0 Å². The Labute approximate surface area is 237 Å². The summed E-state index contributed by atoms with van der Waals surface area (Å²) in [6, 6.07) is 28.3. The summed E-state index contributed by atoms with van der Waals surface area (Å²) in [7, 11) is 0. The zero-order valence-electron chi connectivity index (χ0n) is 23.7. The average molecular weight is 530 g/mol. The number of hydrogen-bond acceptors (Lipinski definition) is 4. The van der Waals surface area contributed by atoms with Gasteiger partial charge in [-0.1, -0.05) is 73.5 Å². The number of hydrogen-bond donors (Lipinski definition) is 2. The standard InChI is InChI=1S/C35H39N5/c1-25-18-19-30(23-32(25)34-36-24-33(39-34)27-13-6-4-7-14-27)38-35-31-17-10-9-15-28(31)22-29(37-35)16-8-3-5-12-26(2)40-20-11-21-40/h4,6-7,9-10,13-15,17-19,22-24,26H,3,5,8,11-12,16,20-21H2,1-2H3,(H,36,39)(H,37,38). The maximum Gasteiger partial charge on any atom is 0.138 e. The lowest BCUT2D eigenvalue weighted by Gasteiger charge is -2.36. The Morgan fingerprint density at radius 2 is 1.75 bits per heavy atom. The molecule has 0 amide bonds. The molecule has 3 aromatic carbocycles.